The van der Waals surface area contributed by atoms with E-state index in [9.17, 15) is 4.79 Å². The molecule has 7 heteroatoms. The number of aromatic nitrogens is 4. The molecule has 1 fully saturated rings. The van der Waals surface area contributed by atoms with Gasteiger partial charge in [-0.15, -0.1) is 5.10 Å². The van der Waals surface area contributed by atoms with Crippen molar-refractivity contribution >= 4 is 17.7 Å². The van der Waals surface area contributed by atoms with Gasteiger partial charge < -0.3 is 4.90 Å². The van der Waals surface area contributed by atoms with E-state index < -0.39 is 0 Å². The van der Waals surface area contributed by atoms with Crippen LogP contribution in [0, 0.1) is 0 Å². The molecule has 1 aliphatic rings. The fraction of sp³-hybridized carbons (Fsp3) is 0.500. The first-order valence-corrected chi connectivity index (χ1v) is 8.87. The van der Waals surface area contributed by atoms with Crippen molar-refractivity contribution in [3.63, 3.8) is 0 Å². The molecule has 23 heavy (non-hydrogen) atoms. The lowest BCUT2D eigenvalue weighted by molar-refractivity contribution is -0.130. The monoisotopic (exact) mass is 331 g/mol. The Morgan fingerprint density at radius 2 is 2.09 bits per heavy atom. The maximum absolute atomic E-state index is 12.6. The van der Waals surface area contributed by atoms with E-state index in [1.807, 2.05) is 53.8 Å². The number of hydrogen-bond acceptors (Lipinski definition) is 5. The number of nitrogens with zero attached hydrogens (tertiary/aromatic N) is 5. The van der Waals surface area contributed by atoms with Gasteiger partial charge in [0, 0.05) is 12.6 Å². The summed E-state index contributed by atoms with van der Waals surface area (Å²) < 4.78 is 1.84. The first kappa shape index (κ1) is 16.0. The normalized spacial score (nSPS) is 14.2. The Hall–Kier alpha value is -1.89. The standard InChI is InChI=1S/C16H21N5OS/c1-12(2)20(10-13-6-4-3-5-7-13)15(22)11-23-16-17-18-19-21(16)14-8-9-14/h3-7,12,14H,8-11H2,1-2H3. The first-order chi connectivity index (χ1) is 11.1. The van der Waals surface area contributed by atoms with Gasteiger partial charge in [0.25, 0.3) is 0 Å². The third-order valence-electron chi connectivity index (χ3n) is 3.82. The zero-order valence-electron chi connectivity index (χ0n) is 13.4. The van der Waals surface area contributed by atoms with Gasteiger partial charge in [0.1, 0.15) is 0 Å². The first-order valence-electron chi connectivity index (χ1n) is 7.89. The summed E-state index contributed by atoms with van der Waals surface area (Å²) in [5, 5.41) is 12.5. The highest BCUT2D eigenvalue weighted by atomic mass is 32.2. The number of carbonyl (C=O) groups is 1. The molecule has 0 bridgehead atoms. The largest absolute Gasteiger partial charge is 0.335 e. The second kappa shape index (κ2) is 7.12. The minimum Gasteiger partial charge on any atom is -0.335 e. The van der Waals surface area contributed by atoms with Crippen molar-refractivity contribution in [1.82, 2.24) is 25.1 Å². The van der Waals surface area contributed by atoms with Crippen LogP contribution in [0.1, 0.15) is 38.3 Å². The van der Waals surface area contributed by atoms with Crippen LogP contribution in [0.5, 0.6) is 0 Å². The molecule has 1 aromatic carbocycles. The zero-order chi connectivity index (χ0) is 16.2. The van der Waals surface area contributed by atoms with Crippen LogP contribution >= 0.6 is 11.8 Å². The van der Waals surface area contributed by atoms with Crippen LogP contribution in [0.3, 0.4) is 0 Å². The van der Waals surface area contributed by atoms with E-state index in [1.165, 1.54) is 11.8 Å². The molecule has 1 amide bonds. The second-order valence-corrected chi connectivity index (χ2v) is 6.97. The highest BCUT2D eigenvalue weighted by Gasteiger charge is 2.28. The number of hydrogen-bond donors (Lipinski definition) is 0. The predicted octanol–water partition coefficient (Wildman–Crippen LogP) is 2.54. The number of thioether (sulfide) groups is 1. The van der Waals surface area contributed by atoms with Crippen LogP contribution in [0.4, 0.5) is 0 Å². The van der Waals surface area contributed by atoms with Crippen molar-refractivity contribution in [2.75, 3.05) is 5.75 Å². The molecule has 0 N–H and O–H groups in total. The predicted molar refractivity (Wildman–Crippen MR) is 88.9 cm³/mol. The third kappa shape index (κ3) is 4.10. The van der Waals surface area contributed by atoms with Crippen molar-refractivity contribution in [3.05, 3.63) is 35.9 Å². The Labute approximate surface area is 140 Å². The summed E-state index contributed by atoms with van der Waals surface area (Å²) in [5.74, 6) is 0.470. The van der Waals surface area contributed by atoms with E-state index in [-0.39, 0.29) is 11.9 Å². The lowest BCUT2D eigenvalue weighted by Gasteiger charge is -2.26. The molecule has 122 valence electrons. The maximum Gasteiger partial charge on any atom is 0.233 e. The molecule has 0 saturated heterocycles. The summed E-state index contributed by atoms with van der Waals surface area (Å²) in [7, 11) is 0. The third-order valence-corrected chi connectivity index (χ3v) is 4.74. The van der Waals surface area contributed by atoms with Crippen LogP contribution in [0.15, 0.2) is 35.5 Å². The quantitative estimate of drug-likeness (QED) is 0.730. The van der Waals surface area contributed by atoms with Crippen LogP contribution in [0.25, 0.3) is 0 Å². The summed E-state index contributed by atoms with van der Waals surface area (Å²) >= 11 is 1.42. The molecule has 0 spiro atoms. The number of tetrazole rings is 1. The molecule has 1 heterocycles. The molecule has 0 atom stereocenters. The van der Waals surface area contributed by atoms with E-state index in [0.717, 1.165) is 23.6 Å². The number of carbonyl (C=O) groups excluding carboxylic acids is 1. The molecule has 1 saturated carbocycles. The van der Waals surface area contributed by atoms with Crippen molar-refractivity contribution in [2.45, 2.75) is 50.5 Å². The van der Waals surface area contributed by atoms with Gasteiger partial charge >= 0.3 is 0 Å². The van der Waals surface area contributed by atoms with Gasteiger partial charge in [-0.3, -0.25) is 4.79 Å². The van der Waals surface area contributed by atoms with Crippen LogP contribution in [0.2, 0.25) is 0 Å². The van der Waals surface area contributed by atoms with E-state index in [2.05, 4.69) is 15.5 Å². The number of benzene rings is 1. The second-order valence-electron chi connectivity index (χ2n) is 6.03. The summed E-state index contributed by atoms with van der Waals surface area (Å²) in [6.07, 6.45) is 2.25. The Morgan fingerprint density at radius 1 is 1.35 bits per heavy atom. The molecule has 1 aliphatic carbocycles. The average Bonchev–Trinajstić information content (AvgIpc) is 3.29. The smallest absolute Gasteiger partial charge is 0.233 e. The highest BCUT2D eigenvalue weighted by molar-refractivity contribution is 7.99. The van der Waals surface area contributed by atoms with Crippen LogP contribution < -0.4 is 0 Å². The minimum atomic E-state index is 0.110. The molecule has 0 aliphatic heterocycles. The average molecular weight is 331 g/mol. The Morgan fingerprint density at radius 3 is 2.74 bits per heavy atom. The Kier molecular flexibility index (Phi) is 4.95. The molecule has 1 aromatic heterocycles. The Balaban J connectivity index is 1.61. The van der Waals surface area contributed by atoms with E-state index in [4.69, 9.17) is 0 Å². The molecule has 6 nitrogen and oxygen atoms in total. The van der Waals surface area contributed by atoms with E-state index in [1.54, 1.807) is 0 Å². The van der Waals surface area contributed by atoms with Crippen molar-refractivity contribution < 1.29 is 4.79 Å². The summed E-state index contributed by atoms with van der Waals surface area (Å²) in [4.78, 5) is 14.5. The molecular weight excluding hydrogens is 310 g/mol. The lowest BCUT2D eigenvalue weighted by Crippen LogP contribution is -2.37. The maximum atomic E-state index is 12.6. The topological polar surface area (TPSA) is 63.9 Å². The van der Waals surface area contributed by atoms with Crippen molar-refractivity contribution in [2.24, 2.45) is 0 Å². The van der Waals surface area contributed by atoms with Gasteiger partial charge in [-0.1, -0.05) is 42.1 Å². The van der Waals surface area contributed by atoms with E-state index in [0.29, 0.717) is 18.3 Å². The molecule has 2 aromatic rings. The zero-order valence-corrected chi connectivity index (χ0v) is 14.2. The van der Waals surface area contributed by atoms with Gasteiger partial charge in [0.15, 0.2) is 0 Å². The molecular formula is C16H21N5OS. The van der Waals surface area contributed by atoms with Gasteiger partial charge in [-0.2, -0.15) is 0 Å². The van der Waals surface area contributed by atoms with E-state index >= 15 is 0 Å². The Bertz CT molecular complexity index is 654. The summed E-state index contributed by atoms with van der Waals surface area (Å²) in [5.41, 5.74) is 1.14. The van der Waals surface area contributed by atoms with Gasteiger partial charge in [-0.05, 0) is 42.7 Å². The minimum absolute atomic E-state index is 0.110. The van der Waals surface area contributed by atoms with Crippen molar-refractivity contribution in [1.29, 1.82) is 0 Å². The van der Waals surface area contributed by atoms with Gasteiger partial charge in [0.2, 0.25) is 11.1 Å². The fourth-order valence-corrected chi connectivity index (χ4v) is 3.21. The fourth-order valence-electron chi connectivity index (χ4n) is 2.38. The SMILES string of the molecule is CC(C)N(Cc1ccccc1)C(=O)CSc1nnnn1C1CC1. The lowest BCUT2D eigenvalue weighted by atomic mass is 10.2. The van der Waals surface area contributed by atoms with Crippen LogP contribution in [-0.2, 0) is 11.3 Å². The summed E-state index contributed by atoms with van der Waals surface area (Å²) in [6, 6.07) is 10.6. The van der Waals surface area contributed by atoms with Crippen molar-refractivity contribution in [3.8, 4) is 0 Å². The van der Waals surface area contributed by atoms with Gasteiger partial charge in [-0.25, -0.2) is 4.68 Å². The highest BCUT2D eigenvalue weighted by Crippen LogP contribution is 2.36. The summed E-state index contributed by atoms with van der Waals surface area (Å²) in [6.45, 7) is 4.71. The van der Waals surface area contributed by atoms with Gasteiger partial charge in [0.05, 0.1) is 11.8 Å². The van der Waals surface area contributed by atoms with Crippen LogP contribution in [-0.4, -0.2) is 42.8 Å². The number of amides is 1. The molecule has 0 radical (unpaired) electrons. The number of rotatable bonds is 7. The molecule has 0 unspecified atom stereocenters. The molecule has 3 rings (SSSR count).